The Morgan fingerprint density at radius 1 is 0.838 bits per heavy atom. The highest BCUT2D eigenvalue weighted by Gasteiger charge is 2.34. The second-order valence-corrected chi connectivity index (χ2v) is 20.7. The van der Waals surface area contributed by atoms with E-state index in [4.69, 9.17) is 71.1 Å². The van der Waals surface area contributed by atoms with Gasteiger partial charge in [-0.3, -0.25) is 4.90 Å². The van der Waals surface area contributed by atoms with Gasteiger partial charge in [0.1, 0.15) is 54.3 Å². The largest absolute Gasteiger partial charge is 0.491 e. The van der Waals surface area contributed by atoms with Gasteiger partial charge in [0.05, 0.1) is 54.2 Å². The molecule has 3 aliphatic heterocycles. The highest BCUT2D eigenvalue weighted by atomic mass is 35.5. The highest BCUT2D eigenvalue weighted by molar-refractivity contribution is 7.19. The van der Waals surface area contributed by atoms with Crippen molar-refractivity contribution in [3.63, 3.8) is 0 Å². The van der Waals surface area contributed by atoms with Crippen LogP contribution in [0.5, 0.6) is 28.9 Å². The van der Waals surface area contributed by atoms with Crippen LogP contribution in [0.4, 0.5) is 0 Å². The number of carbonyl (C=O) groups is 1. The maximum absolute atomic E-state index is 13.4. The highest BCUT2D eigenvalue weighted by Crippen LogP contribution is 2.53. The molecule has 0 unspecified atom stereocenters. The Morgan fingerprint density at radius 2 is 1.57 bits per heavy atom. The Hall–Kier alpha value is -5.37. The zero-order chi connectivity index (χ0) is 51.6. The molecule has 10 rings (SSSR count). The molecule has 4 aliphatic rings. The molecule has 0 amide bonds. The molecule has 2 atom stereocenters. The van der Waals surface area contributed by atoms with Crippen LogP contribution in [0, 0.1) is 13.8 Å². The van der Waals surface area contributed by atoms with E-state index in [2.05, 4.69) is 26.8 Å². The Morgan fingerprint density at radius 3 is 2.30 bits per heavy atom. The van der Waals surface area contributed by atoms with Gasteiger partial charge in [-0.1, -0.05) is 42.5 Å². The average Bonchev–Trinajstić information content (AvgIpc) is 3.81. The number of rotatable bonds is 18. The van der Waals surface area contributed by atoms with E-state index >= 15 is 0 Å². The monoisotopic (exact) mass is 1070 g/mol. The summed E-state index contributed by atoms with van der Waals surface area (Å²) in [6.07, 6.45) is 6.56. The molecule has 16 nitrogen and oxygen atoms in total. The van der Waals surface area contributed by atoms with Crippen LogP contribution in [0.3, 0.4) is 0 Å². The van der Waals surface area contributed by atoms with Gasteiger partial charge in [-0.05, 0) is 105 Å². The molecule has 1 saturated carbocycles. The van der Waals surface area contributed by atoms with Crippen molar-refractivity contribution >= 4 is 50.7 Å². The Bertz CT molecular complexity index is 2830. The number of fused-ring (bicyclic) bond motifs is 7. The summed E-state index contributed by atoms with van der Waals surface area (Å²) in [7, 11) is 3.76. The number of ether oxygens (including phenoxy) is 8. The minimum atomic E-state index is -1.40. The normalized spacial score (nSPS) is 17.9. The maximum atomic E-state index is 13.4. The molecule has 6 aromatic rings. The van der Waals surface area contributed by atoms with Gasteiger partial charge in [0.25, 0.3) is 0 Å². The van der Waals surface area contributed by atoms with E-state index in [1.807, 2.05) is 38.1 Å². The summed E-state index contributed by atoms with van der Waals surface area (Å²) in [4.78, 5) is 38.7. The van der Waals surface area contributed by atoms with Crippen molar-refractivity contribution in [1.82, 2.24) is 29.7 Å². The Kier molecular flexibility index (Phi) is 18.4. The fraction of sp³-hybridized carbons (Fsp3) is 0.473. The van der Waals surface area contributed by atoms with E-state index in [0.717, 1.165) is 84.6 Å². The molecule has 3 aromatic carbocycles. The first kappa shape index (κ1) is 53.5. The summed E-state index contributed by atoms with van der Waals surface area (Å²) in [5, 5.41) is 12.4. The number of thiophene rings is 1. The molecule has 0 spiro atoms. The lowest BCUT2D eigenvalue weighted by Crippen LogP contribution is -2.49. The third-order valence-electron chi connectivity index (χ3n) is 13.8. The number of aliphatic carboxylic acids is 1. The van der Waals surface area contributed by atoms with Gasteiger partial charge in [-0.15, -0.1) is 11.3 Å². The summed E-state index contributed by atoms with van der Waals surface area (Å²) in [5.41, 5.74) is 5.25. The Balaban J connectivity index is 1.01. The summed E-state index contributed by atoms with van der Waals surface area (Å²) in [5.74, 6) is 1.75. The predicted molar refractivity (Wildman–Crippen MR) is 285 cm³/mol. The third kappa shape index (κ3) is 13.0. The smallest absolute Gasteiger partial charge is 0.345 e. The molecule has 394 valence electrons. The first-order chi connectivity index (χ1) is 36.0. The molecule has 4 bridgehead atoms. The summed E-state index contributed by atoms with van der Waals surface area (Å²) in [6.45, 7) is 11.2. The van der Waals surface area contributed by atoms with Crippen LogP contribution in [-0.4, -0.2) is 146 Å². The summed E-state index contributed by atoms with van der Waals surface area (Å²) < 4.78 is 48.5. The van der Waals surface area contributed by atoms with Crippen molar-refractivity contribution in [2.24, 2.45) is 0 Å². The van der Waals surface area contributed by atoms with Crippen molar-refractivity contribution in [2.75, 3.05) is 93.1 Å². The Labute approximate surface area is 446 Å². The van der Waals surface area contributed by atoms with Crippen molar-refractivity contribution < 1.29 is 47.8 Å². The lowest BCUT2D eigenvalue weighted by Gasteiger charge is -2.35. The van der Waals surface area contributed by atoms with Crippen molar-refractivity contribution in [1.29, 1.82) is 0 Å². The number of carboxylic acid groups (broad SMARTS) is 1. The lowest BCUT2D eigenvalue weighted by atomic mass is 9.83. The molecule has 1 aliphatic carbocycles. The van der Waals surface area contributed by atoms with Crippen molar-refractivity contribution in [2.45, 2.75) is 77.1 Å². The number of benzene rings is 3. The number of methoxy groups -OCH3 is 1. The molecule has 6 heterocycles. The number of piperazine rings is 1. The summed E-state index contributed by atoms with van der Waals surface area (Å²) >= 11 is 16.4. The van der Waals surface area contributed by atoms with E-state index in [1.165, 1.54) is 12.7 Å². The van der Waals surface area contributed by atoms with Crippen LogP contribution in [0.1, 0.15) is 65.3 Å². The zero-order valence-corrected chi connectivity index (χ0v) is 44.7. The molecule has 1 saturated heterocycles. The fourth-order valence-electron chi connectivity index (χ4n) is 9.74. The number of carboxylic acids is 1. The molecule has 1 N–H and O–H groups in total. The van der Waals surface area contributed by atoms with Crippen LogP contribution < -0.4 is 23.7 Å². The number of aromatic nitrogens is 4. The number of hydrogen-bond donors (Lipinski definition) is 1. The maximum Gasteiger partial charge on any atom is 0.345 e. The van der Waals surface area contributed by atoms with Crippen LogP contribution in [0.15, 0.2) is 61.1 Å². The van der Waals surface area contributed by atoms with Crippen LogP contribution in [0.2, 0.25) is 10.0 Å². The quantitative estimate of drug-likeness (QED) is 0.0807. The molecule has 74 heavy (non-hydrogen) atoms. The second-order valence-electron chi connectivity index (χ2n) is 18.9. The van der Waals surface area contributed by atoms with E-state index in [0.29, 0.717) is 107 Å². The van der Waals surface area contributed by atoms with Gasteiger partial charge in [-0.25, -0.2) is 24.7 Å². The molecule has 2 fully saturated rings. The summed E-state index contributed by atoms with van der Waals surface area (Å²) in [6, 6.07) is 14.7. The van der Waals surface area contributed by atoms with Crippen LogP contribution in [0.25, 0.3) is 32.7 Å². The van der Waals surface area contributed by atoms with Gasteiger partial charge >= 0.3 is 5.97 Å². The third-order valence-corrected chi connectivity index (χ3v) is 15.9. The van der Waals surface area contributed by atoms with Crippen LogP contribution >= 0.6 is 34.5 Å². The van der Waals surface area contributed by atoms with Gasteiger partial charge < -0.3 is 47.9 Å². The van der Waals surface area contributed by atoms with Crippen LogP contribution in [-0.2, 0) is 32.0 Å². The number of likely N-dealkylation sites (N-methyl/N-ethyl adjacent to an activating group) is 1. The zero-order valence-electron chi connectivity index (χ0n) is 42.4. The molecule has 0 radical (unpaired) electrons. The van der Waals surface area contributed by atoms with Gasteiger partial charge in [0, 0.05) is 74.0 Å². The van der Waals surface area contributed by atoms with E-state index in [9.17, 15) is 9.90 Å². The van der Waals surface area contributed by atoms with Gasteiger partial charge in [-0.2, -0.15) is 0 Å². The lowest BCUT2D eigenvalue weighted by molar-refractivity contribution is -0.145. The second kappa shape index (κ2) is 25.4. The van der Waals surface area contributed by atoms with Crippen molar-refractivity contribution in [3.05, 3.63) is 98.4 Å². The SMILES string of the molecule is COCCOCCOCCOc1ccc(-c2nccc(COc3ccc4cc3C[C@H](C(=O)O)Oc3ncnc5sc(C6CCCCC6)c(c35)-c3c(C)c(Cl)c(c(Cl)c3C)O[C@H](CN3CCN(C)CC3)CO4)n2)cc1. The van der Waals surface area contributed by atoms with E-state index in [1.54, 1.807) is 48.9 Å². The first-order valence-electron chi connectivity index (χ1n) is 25.4. The van der Waals surface area contributed by atoms with E-state index in [-0.39, 0.29) is 31.4 Å². The van der Waals surface area contributed by atoms with Crippen molar-refractivity contribution in [3.8, 4) is 51.4 Å². The van der Waals surface area contributed by atoms with Gasteiger partial charge in [0.2, 0.25) is 12.0 Å². The molecular weight excluding hydrogens is 1010 g/mol. The topological polar surface area (TPSA) is 169 Å². The number of hydrogen-bond acceptors (Lipinski definition) is 16. The van der Waals surface area contributed by atoms with Gasteiger partial charge in [0.15, 0.2) is 11.6 Å². The standard InChI is InChI=1S/C55H64Cl2N6O10S/c1-34-45-35(2)49(57)50(48(34)56)72-42(30-63-20-18-62(3)19-21-63)32-70-41-14-15-43(71-31-39-16-17-58-52(61-39)37-10-12-40(13-11-37)69-27-26-68-25-24-67-23-22-66-4)38(28-41)29-44(55(64)65)73-53-47-46(45)51(36-8-6-5-7-9-36)74-54(47)60-33-59-53/h10-17,28,33,36,42,44H,5-9,18-27,29-32H2,1-4H3,(H,64,65)/t42-,44-/m1/s1. The average molecular weight is 1070 g/mol. The molecular formula is C55H64Cl2N6O10S. The fourth-order valence-corrected chi connectivity index (χ4v) is 11.6. The minimum absolute atomic E-state index is 0.0626. The predicted octanol–water partition coefficient (Wildman–Crippen LogP) is 9.89. The molecule has 19 heteroatoms. The molecule has 3 aromatic heterocycles. The number of halogens is 2. The van der Waals surface area contributed by atoms with E-state index < -0.39 is 18.2 Å². The minimum Gasteiger partial charge on any atom is -0.491 e. The first-order valence-corrected chi connectivity index (χ1v) is 26.9. The number of nitrogens with zero attached hydrogens (tertiary/aromatic N) is 6.